The van der Waals surface area contributed by atoms with Crippen LogP contribution in [-0.2, 0) is 20.9 Å². The number of anilines is 3. The van der Waals surface area contributed by atoms with Crippen molar-refractivity contribution in [2.24, 2.45) is 0 Å². The van der Waals surface area contributed by atoms with Gasteiger partial charge in [-0.05, 0) is 37.3 Å². The van der Waals surface area contributed by atoms with E-state index in [4.69, 9.17) is 13.9 Å². The molecule has 3 amide bonds. The molecule has 0 fully saturated rings. The summed E-state index contributed by atoms with van der Waals surface area (Å²) in [6.07, 6.45) is 3.06. The Morgan fingerprint density at radius 3 is 2.74 bits per heavy atom. The van der Waals surface area contributed by atoms with E-state index in [1.54, 1.807) is 19.1 Å². The molecule has 0 unspecified atom stereocenters. The fourth-order valence-electron chi connectivity index (χ4n) is 3.41. The van der Waals surface area contributed by atoms with Crippen molar-refractivity contribution >= 4 is 34.8 Å². The van der Waals surface area contributed by atoms with Gasteiger partial charge in [0.15, 0.2) is 5.75 Å². The lowest BCUT2D eigenvalue weighted by atomic mass is 10.1. The quantitative estimate of drug-likeness (QED) is 0.454. The van der Waals surface area contributed by atoms with Crippen molar-refractivity contribution in [1.82, 2.24) is 5.32 Å². The minimum atomic E-state index is -0.717. The van der Waals surface area contributed by atoms with Crippen molar-refractivity contribution in [2.45, 2.75) is 19.6 Å². The van der Waals surface area contributed by atoms with Crippen LogP contribution in [0.5, 0.6) is 11.5 Å². The third-order valence-electron chi connectivity index (χ3n) is 5.28. The third kappa shape index (κ3) is 5.79. The predicted octanol–water partition coefficient (Wildman–Crippen LogP) is 3.36. The number of hydrogen-bond acceptors (Lipinski definition) is 7. The highest BCUT2D eigenvalue weighted by Crippen LogP contribution is 2.36. The molecule has 4 rings (SSSR count). The molecule has 1 aliphatic rings. The van der Waals surface area contributed by atoms with Crippen LogP contribution in [0.3, 0.4) is 0 Å². The second kappa shape index (κ2) is 10.3. The number of nitrogens with one attached hydrogen (secondary N) is 3. The van der Waals surface area contributed by atoms with Crippen LogP contribution in [0, 0.1) is 0 Å². The van der Waals surface area contributed by atoms with Crippen molar-refractivity contribution in [3.8, 4) is 11.5 Å². The fraction of sp³-hybridized carbons (Fsp3) is 0.240. The molecular weight excluding hydrogens is 452 g/mol. The van der Waals surface area contributed by atoms with Crippen LogP contribution in [-0.4, -0.2) is 44.5 Å². The Kier molecular flexibility index (Phi) is 7.02. The lowest BCUT2D eigenvalue weighted by Crippen LogP contribution is -2.38. The van der Waals surface area contributed by atoms with Crippen LogP contribution >= 0.6 is 0 Å². The van der Waals surface area contributed by atoms with Gasteiger partial charge in [0.2, 0.25) is 11.8 Å². The van der Waals surface area contributed by atoms with Crippen molar-refractivity contribution in [2.75, 3.05) is 36.2 Å². The molecule has 0 aliphatic carbocycles. The summed E-state index contributed by atoms with van der Waals surface area (Å²) in [5, 5.41) is 8.11. The number of carbonyl (C=O) groups excluding carboxylic acids is 3. The van der Waals surface area contributed by atoms with Gasteiger partial charge in [-0.2, -0.15) is 0 Å². The minimum absolute atomic E-state index is 0.211. The molecule has 0 bridgehead atoms. The molecule has 182 valence electrons. The summed E-state index contributed by atoms with van der Waals surface area (Å²) in [5.41, 5.74) is 2.47. The number of hydrogen-bond donors (Lipinski definition) is 3. The van der Waals surface area contributed by atoms with E-state index in [1.165, 1.54) is 24.7 Å². The number of ether oxygens (including phenoxy) is 2. The van der Waals surface area contributed by atoms with Gasteiger partial charge in [-0.3, -0.25) is 14.4 Å². The molecule has 0 radical (unpaired) electrons. The molecule has 10 heteroatoms. The Labute approximate surface area is 202 Å². The van der Waals surface area contributed by atoms with E-state index in [1.807, 2.05) is 37.2 Å². The Morgan fingerprint density at radius 1 is 1.17 bits per heavy atom. The highest BCUT2D eigenvalue weighted by atomic mass is 16.5. The second-order valence-electron chi connectivity index (χ2n) is 8.24. The Hall–Kier alpha value is -4.31. The summed E-state index contributed by atoms with van der Waals surface area (Å²) in [4.78, 5) is 39.6. The maximum Gasteiger partial charge on any atom is 0.254 e. The average molecular weight is 479 g/mol. The summed E-state index contributed by atoms with van der Waals surface area (Å²) in [6.45, 7) is 1.58. The van der Waals surface area contributed by atoms with Crippen molar-refractivity contribution in [3.63, 3.8) is 0 Å². The van der Waals surface area contributed by atoms with Crippen LogP contribution in [0.4, 0.5) is 17.1 Å². The number of furan rings is 1. The molecular formula is C25H26N4O6. The van der Waals surface area contributed by atoms with Gasteiger partial charge in [0.05, 0.1) is 36.1 Å². The first-order chi connectivity index (χ1) is 16.8. The van der Waals surface area contributed by atoms with Crippen molar-refractivity contribution in [1.29, 1.82) is 0 Å². The molecule has 2 heterocycles. The minimum Gasteiger partial charge on any atom is -0.472 e. The van der Waals surface area contributed by atoms with E-state index in [0.717, 1.165) is 11.3 Å². The van der Waals surface area contributed by atoms with Crippen LogP contribution in [0.15, 0.2) is 59.4 Å². The van der Waals surface area contributed by atoms with Gasteiger partial charge in [-0.15, -0.1) is 0 Å². The van der Waals surface area contributed by atoms with Crippen LogP contribution in [0.25, 0.3) is 0 Å². The van der Waals surface area contributed by atoms with Gasteiger partial charge < -0.3 is 34.7 Å². The molecule has 0 saturated carbocycles. The Balaban J connectivity index is 1.61. The lowest BCUT2D eigenvalue weighted by molar-refractivity contribution is -0.121. The predicted molar refractivity (Wildman–Crippen MR) is 130 cm³/mol. The van der Waals surface area contributed by atoms with E-state index >= 15 is 0 Å². The van der Waals surface area contributed by atoms with E-state index < -0.39 is 17.9 Å². The second-order valence-corrected chi connectivity index (χ2v) is 8.24. The zero-order valence-electron chi connectivity index (χ0n) is 19.6. The summed E-state index contributed by atoms with van der Waals surface area (Å²) in [5.74, 6) is -0.488. The molecule has 10 nitrogen and oxygen atoms in total. The molecule has 3 aromatic rings. The molecule has 1 aromatic heterocycles. The van der Waals surface area contributed by atoms with Gasteiger partial charge in [0.1, 0.15) is 18.4 Å². The Bertz CT molecular complexity index is 1240. The summed E-state index contributed by atoms with van der Waals surface area (Å²) >= 11 is 0. The van der Waals surface area contributed by atoms with Crippen LogP contribution in [0.2, 0.25) is 0 Å². The molecule has 1 aliphatic heterocycles. The maximum atomic E-state index is 12.7. The fourth-order valence-corrected chi connectivity index (χ4v) is 3.41. The standard InChI is InChI=1S/C25H26N4O6/c1-15-24(31)28-20-11-21(27-23(30)14-34-13-16-7-8-33-12-16)22(10-19(20)25(32)26-15)35-18-6-4-5-17(9-18)29(2)3/h4-12,15H,13-14H2,1-3H3,(H,26,32)(H,27,30)(H,28,31)/t15-/m1/s1. The summed E-state index contributed by atoms with van der Waals surface area (Å²) in [6, 6.07) is 11.4. The zero-order valence-corrected chi connectivity index (χ0v) is 19.6. The number of carbonyl (C=O) groups is 3. The first kappa shape index (κ1) is 23.8. The average Bonchev–Trinajstić information content (AvgIpc) is 3.30. The number of benzene rings is 2. The first-order valence-corrected chi connectivity index (χ1v) is 10.9. The van der Waals surface area contributed by atoms with Gasteiger partial charge in [0.25, 0.3) is 5.91 Å². The van der Waals surface area contributed by atoms with E-state index in [0.29, 0.717) is 5.75 Å². The van der Waals surface area contributed by atoms with Gasteiger partial charge in [-0.25, -0.2) is 0 Å². The highest BCUT2D eigenvalue weighted by molar-refractivity contribution is 6.11. The summed E-state index contributed by atoms with van der Waals surface area (Å²) < 4.78 is 16.5. The summed E-state index contributed by atoms with van der Waals surface area (Å²) in [7, 11) is 3.82. The van der Waals surface area contributed by atoms with E-state index in [2.05, 4.69) is 16.0 Å². The van der Waals surface area contributed by atoms with E-state index in [-0.39, 0.29) is 41.8 Å². The van der Waals surface area contributed by atoms with Gasteiger partial charge in [-0.1, -0.05) is 6.07 Å². The first-order valence-electron chi connectivity index (χ1n) is 10.9. The van der Waals surface area contributed by atoms with Crippen molar-refractivity contribution in [3.05, 3.63) is 66.1 Å². The van der Waals surface area contributed by atoms with Crippen LogP contribution < -0.4 is 25.6 Å². The molecule has 0 saturated heterocycles. The smallest absolute Gasteiger partial charge is 0.254 e. The number of nitrogens with zero attached hydrogens (tertiary/aromatic N) is 1. The lowest BCUT2D eigenvalue weighted by Gasteiger charge is -2.17. The third-order valence-corrected chi connectivity index (χ3v) is 5.28. The monoisotopic (exact) mass is 478 g/mol. The zero-order chi connectivity index (χ0) is 24.9. The normalized spacial score (nSPS) is 14.9. The number of amides is 3. The van der Waals surface area contributed by atoms with Crippen molar-refractivity contribution < 1.29 is 28.3 Å². The topological polar surface area (TPSA) is 122 Å². The molecule has 0 spiro atoms. The van der Waals surface area contributed by atoms with Gasteiger partial charge in [0, 0.05) is 31.4 Å². The Morgan fingerprint density at radius 2 is 2.00 bits per heavy atom. The van der Waals surface area contributed by atoms with E-state index in [9.17, 15) is 14.4 Å². The highest BCUT2D eigenvalue weighted by Gasteiger charge is 2.27. The largest absolute Gasteiger partial charge is 0.472 e. The number of rotatable bonds is 8. The van der Waals surface area contributed by atoms with Crippen LogP contribution in [0.1, 0.15) is 22.8 Å². The SMILES string of the molecule is C[C@H]1NC(=O)c2cc(Oc3cccc(N(C)C)c3)c(NC(=O)COCc3ccoc3)cc2NC1=O. The molecule has 1 atom stereocenters. The maximum absolute atomic E-state index is 12.7. The molecule has 35 heavy (non-hydrogen) atoms. The molecule has 2 aromatic carbocycles. The molecule has 3 N–H and O–H groups in total. The number of fused-ring (bicyclic) bond motifs is 1. The van der Waals surface area contributed by atoms with Gasteiger partial charge >= 0.3 is 0 Å².